The quantitative estimate of drug-likeness (QED) is 0.820. The van der Waals surface area contributed by atoms with Crippen molar-refractivity contribution >= 4 is 17.6 Å². The van der Waals surface area contributed by atoms with Crippen molar-refractivity contribution in [2.75, 3.05) is 31.1 Å². The van der Waals surface area contributed by atoms with Crippen LogP contribution in [0.2, 0.25) is 0 Å². The number of benzene rings is 1. The number of piperazine rings is 1. The van der Waals surface area contributed by atoms with Gasteiger partial charge in [0.2, 0.25) is 5.75 Å². The number of anilines is 1. The van der Waals surface area contributed by atoms with Gasteiger partial charge in [0.05, 0.1) is 11.9 Å². The van der Waals surface area contributed by atoms with Crippen LogP contribution in [0.5, 0.6) is 5.75 Å². The van der Waals surface area contributed by atoms with Crippen molar-refractivity contribution in [2.24, 2.45) is 0 Å². The lowest BCUT2D eigenvalue weighted by atomic mass is 10.3. The molecule has 1 aliphatic rings. The van der Waals surface area contributed by atoms with E-state index in [4.69, 9.17) is 0 Å². The van der Waals surface area contributed by atoms with Crippen LogP contribution in [0.4, 0.5) is 14.5 Å². The molecule has 0 unspecified atom stereocenters. The highest BCUT2D eigenvalue weighted by Crippen LogP contribution is 2.26. The van der Waals surface area contributed by atoms with E-state index in [0.29, 0.717) is 30.1 Å². The molecule has 0 aliphatic carbocycles. The lowest BCUT2D eigenvalue weighted by Crippen LogP contribution is -2.44. The van der Waals surface area contributed by atoms with E-state index in [1.165, 1.54) is 6.20 Å². The summed E-state index contributed by atoms with van der Waals surface area (Å²) in [6.45, 7) is 7.13. The van der Waals surface area contributed by atoms with E-state index in [2.05, 4.69) is 23.3 Å². The fourth-order valence-electron chi connectivity index (χ4n) is 2.85. The lowest BCUT2D eigenvalue weighted by molar-refractivity contribution is 0.416. The molecule has 1 aliphatic heterocycles. The maximum Gasteiger partial charge on any atom is 0.315 e. The maximum absolute atomic E-state index is 13.4. The SMILES string of the molecule is CC(C)SN1CCN(c2cnn(-c3cc(F)cc(F)c3)c(=O)c2O)CC1. The molecule has 9 heteroatoms. The topological polar surface area (TPSA) is 61.6 Å². The van der Waals surface area contributed by atoms with Gasteiger partial charge >= 0.3 is 5.56 Å². The molecular formula is C17H20F2N4O2S. The second-order valence-electron chi connectivity index (χ2n) is 6.29. The van der Waals surface area contributed by atoms with Crippen molar-refractivity contribution in [3.05, 3.63) is 46.4 Å². The second-order valence-corrected chi connectivity index (χ2v) is 7.96. The van der Waals surface area contributed by atoms with E-state index in [9.17, 15) is 18.7 Å². The molecule has 1 aromatic carbocycles. The standard InChI is InChI=1S/C17H20F2N4O2S/c1-11(2)26-22-5-3-21(4-6-22)15-10-20-23(17(25)16(15)24)14-8-12(18)7-13(19)9-14/h7-11,24H,3-6H2,1-2H3. The Hall–Kier alpha value is -2.13. The highest BCUT2D eigenvalue weighted by atomic mass is 32.2. The van der Waals surface area contributed by atoms with E-state index >= 15 is 0 Å². The molecule has 2 heterocycles. The number of nitrogens with zero attached hydrogens (tertiary/aromatic N) is 4. The van der Waals surface area contributed by atoms with Crippen molar-refractivity contribution in [1.29, 1.82) is 0 Å². The summed E-state index contributed by atoms with van der Waals surface area (Å²) in [6, 6.07) is 2.68. The van der Waals surface area contributed by atoms with Gasteiger partial charge in [0.15, 0.2) is 0 Å². The molecule has 1 aromatic heterocycles. The number of aromatic nitrogens is 2. The largest absolute Gasteiger partial charge is 0.501 e. The summed E-state index contributed by atoms with van der Waals surface area (Å²) in [7, 11) is 0. The van der Waals surface area contributed by atoms with E-state index < -0.39 is 22.9 Å². The zero-order valence-electron chi connectivity index (χ0n) is 14.5. The van der Waals surface area contributed by atoms with Crippen LogP contribution in [-0.4, -0.2) is 50.6 Å². The Morgan fingerprint density at radius 2 is 1.73 bits per heavy atom. The molecule has 0 radical (unpaired) electrons. The monoisotopic (exact) mass is 382 g/mol. The molecular weight excluding hydrogens is 362 g/mol. The highest BCUT2D eigenvalue weighted by Gasteiger charge is 2.23. The zero-order valence-corrected chi connectivity index (χ0v) is 15.3. The molecule has 26 heavy (non-hydrogen) atoms. The molecule has 1 fully saturated rings. The molecule has 0 amide bonds. The van der Waals surface area contributed by atoms with E-state index in [1.807, 2.05) is 4.90 Å². The Balaban J connectivity index is 1.83. The van der Waals surface area contributed by atoms with E-state index in [-0.39, 0.29) is 5.69 Å². The minimum Gasteiger partial charge on any atom is -0.501 e. The van der Waals surface area contributed by atoms with Crippen LogP contribution in [0.3, 0.4) is 0 Å². The van der Waals surface area contributed by atoms with Crippen LogP contribution in [0.15, 0.2) is 29.2 Å². The number of aromatic hydroxyl groups is 1. The molecule has 0 bridgehead atoms. The van der Waals surface area contributed by atoms with Crippen LogP contribution in [0.1, 0.15) is 13.8 Å². The molecule has 3 rings (SSSR count). The Bertz CT molecular complexity index is 831. The van der Waals surface area contributed by atoms with Gasteiger partial charge in [0.1, 0.15) is 17.3 Å². The first-order valence-electron chi connectivity index (χ1n) is 8.29. The number of hydrogen-bond acceptors (Lipinski definition) is 6. The molecule has 0 atom stereocenters. The molecule has 1 N–H and O–H groups in total. The Morgan fingerprint density at radius 3 is 2.31 bits per heavy atom. The van der Waals surface area contributed by atoms with Crippen molar-refractivity contribution < 1.29 is 13.9 Å². The average Bonchev–Trinajstić information content (AvgIpc) is 2.57. The van der Waals surface area contributed by atoms with Gasteiger partial charge in [0, 0.05) is 37.5 Å². The summed E-state index contributed by atoms with van der Waals surface area (Å²) in [5.74, 6) is -2.12. The summed E-state index contributed by atoms with van der Waals surface area (Å²) >= 11 is 1.77. The summed E-state index contributed by atoms with van der Waals surface area (Å²) in [4.78, 5) is 14.3. The average molecular weight is 382 g/mol. The van der Waals surface area contributed by atoms with Crippen LogP contribution >= 0.6 is 11.9 Å². The summed E-state index contributed by atoms with van der Waals surface area (Å²) in [5.41, 5.74) is -0.559. The Morgan fingerprint density at radius 1 is 1.12 bits per heavy atom. The van der Waals surface area contributed by atoms with E-state index in [1.54, 1.807) is 11.9 Å². The van der Waals surface area contributed by atoms with E-state index in [0.717, 1.165) is 29.9 Å². The summed E-state index contributed by atoms with van der Waals surface area (Å²) in [5, 5.41) is 14.8. The van der Waals surface area contributed by atoms with Crippen LogP contribution in [0.25, 0.3) is 5.69 Å². The van der Waals surface area contributed by atoms with Gasteiger partial charge in [-0.1, -0.05) is 25.8 Å². The first-order valence-corrected chi connectivity index (χ1v) is 9.13. The number of halogens is 2. The van der Waals surface area contributed by atoms with Crippen LogP contribution in [-0.2, 0) is 0 Å². The fourth-order valence-corrected chi connectivity index (χ4v) is 3.82. The van der Waals surface area contributed by atoms with Crippen LogP contribution in [0, 0.1) is 11.6 Å². The molecule has 140 valence electrons. The summed E-state index contributed by atoms with van der Waals surface area (Å²) < 4.78 is 29.8. The number of rotatable bonds is 4. The van der Waals surface area contributed by atoms with Gasteiger partial charge in [-0.05, 0) is 12.1 Å². The predicted octanol–water partition coefficient (Wildman–Crippen LogP) is 2.39. The minimum atomic E-state index is -0.823. The molecule has 6 nitrogen and oxygen atoms in total. The lowest BCUT2D eigenvalue weighted by Gasteiger charge is -2.35. The highest BCUT2D eigenvalue weighted by molar-refractivity contribution is 7.97. The second kappa shape index (κ2) is 7.63. The van der Waals surface area contributed by atoms with Gasteiger partial charge in [-0.2, -0.15) is 9.78 Å². The third-order valence-corrected chi connectivity index (χ3v) is 5.05. The first kappa shape index (κ1) is 18.7. The first-order chi connectivity index (χ1) is 12.3. The van der Waals surface area contributed by atoms with Gasteiger partial charge in [-0.3, -0.25) is 4.79 Å². The Labute approximate surface area is 154 Å². The van der Waals surface area contributed by atoms with Gasteiger partial charge in [-0.25, -0.2) is 13.1 Å². The molecule has 2 aromatic rings. The molecule has 0 spiro atoms. The minimum absolute atomic E-state index is 0.0764. The van der Waals surface area contributed by atoms with Crippen molar-refractivity contribution in [3.63, 3.8) is 0 Å². The van der Waals surface area contributed by atoms with Gasteiger partial charge in [0.25, 0.3) is 0 Å². The van der Waals surface area contributed by atoms with Crippen molar-refractivity contribution in [1.82, 2.24) is 14.1 Å². The molecule has 0 saturated carbocycles. The molecule has 1 saturated heterocycles. The van der Waals surface area contributed by atoms with Gasteiger partial charge in [-0.15, -0.1) is 0 Å². The fraction of sp³-hybridized carbons (Fsp3) is 0.412. The normalized spacial score (nSPS) is 15.7. The maximum atomic E-state index is 13.4. The smallest absolute Gasteiger partial charge is 0.315 e. The third-order valence-electron chi connectivity index (χ3n) is 3.96. The predicted molar refractivity (Wildman–Crippen MR) is 97.9 cm³/mol. The Kier molecular flexibility index (Phi) is 5.47. The zero-order chi connectivity index (χ0) is 18.8. The van der Waals surface area contributed by atoms with Gasteiger partial charge < -0.3 is 10.0 Å². The number of hydrogen-bond donors (Lipinski definition) is 1. The van der Waals surface area contributed by atoms with Crippen molar-refractivity contribution in [3.8, 4) is 11.4 Å². The van der Waals surface area contributed by atoms with Crippen molar-refractivity contribution in [2.45, 2.75) is 19.1 Å². The third kappa shape index (κ3) is 3.99. The van der Waals surface area contributed by atoms with Crippen LogP contribution < -0.4 is 10.5 Å². The summed E-state index contributed by atoms with van der Waals surface area (Å²) in [6.07, 6.45) is 1.35.